The number of sulfonamides is 1. The largest absolute Gasteiger partial charge is 0.242 e. The van der Waals surface area contributed by atoms with Gasteiger partial charge in [-0.3, -0.25) is 0 Å². The predicted octanol–water partition coefficient (Wildman–Crippen LogP) is 4.04. The van der Waals surface area contributed by atoms with Crippen LogP contribution in [0.15, 0.2) is 41.3 Å². The van der Waals surface area contributed by atoms with Crippen LogP contribution in [0.5, 0.6) is 0 Å². The molecule has 8 heteroatoms. The second kappa shape index (κ2) is 6.85. The molecular formula is C15H11Cl2FN2O2S. The summed E-state index contributed by atoms with van der Waals surface area (Å²) in [5, 5.41) is 9.01. The quantitative estimate of drug-likeness (QED) is 0.823. The number of nitrogens with one attached hydrogen (secondary N) is 1. The summed E-state index contributed by atoms with van der Waals surface area (Å²) in [4.78, 5) is -0.153. The monoisotopic (exact) mass is 372 g/mol. The van der Waals surface area contributed by atoms with Crippen molar-refractivity contribution >= 4 is 33.2 Å². The molecule has 0 aromatic heterocycles. The van der Waals surface area contributed by atoms with Crippen LogP contribution in [0.25, 0.3) is 0 Å². The van der Waals surface area contributed by atoms with Gasteiger partial charge in [-0.25, -0.2) is 17.5 Å². The highest BCUT2D eigenvalue weighted by molar-refractivity contribution is 7.89. The number of halogens is 3. The zero-order valence-corrected chi connectivity index (χ0v) is 14.2. The maximum absolute atomic E-state index is 13.6. The minimum Gasteiger partial charge on any atom is -0.207 e. The number of benzene rings is 2. The molecule has 0 radical (unpaired) electrons. The molecule has 0 spiro atoms. The summed E-state index contributed by atoms with van der Waals surface area (Å²) in [5.74, 6) is -0.700. The van der Waals surface area contributed by atoms with Gasteiger partial charge in [-0.15, -0.1) is 0 Å². The average molecular weight is 373 g/mol. The van der Waals surface area contributed by atoms with Gasteiger partial charge in [-0.1, -0.05) is 35.3 Å². The highest BCUT2D eigenvalue weighted by Crippen LogP contribution is 2.29. The van der Waals surface area contributed by atoms with Crippen LogP contribution in [0, 0.1) is 17.1 Å². The Morgan fingerprint density at radius 2 is 1.87 bits per heavy atom. The highest BCUT2D eigenvalue weighted by atomic mass is 35.5. The van der Waals surface area contributed by atoms with E-state index in [0.717, 1.165) is 6.07 Å². The first kappa shape index (κ1) is 17.7. The third kappa shape index (κ3) is 3.82. The summed E-state index contributed by atoms with van der Waals surface area (Å²) in [7, 11) is -3.98. The fraction of sp³-hybridized carbons (Fsp3) is 0.133. The Hall–Kier alpha value is -1.65. The van der Waals surface area contributed by atoms with Crippen molar-refractivity contribution in [3.63, 3.8) is 0 Å². The molecular weight excluding hydrogens is 362 g/mol. The molecule has 1 N–H and O–H groups in total. The number of rotatable bonds is 4. The summed E-state index contributed by atoms with van der Waals surface area (Å²) in [6.45, 7) is 1.51. The van der Waals surface area contributed by atoms with Crippen LogP contribution in [-0.2, 0) is 10.0 Å². The van der Waals surface area contributed by atoms with Gasteiger partial charge < -0.3 is 0 Å². The average Bonchev–Trinajstić information content (AvgIpc) is 2.50. The van der Waals surface area contributed by atoms with Crippen molar-refractivity contribution in [1.82, 2.24) is 4.72 Å². The fourth-order valence-corrected chi connectivity index (χ4v) is 3.95. The summed E-state index contributed by atoms with van der Waals surface area (Å²) in [5.41, 5.74) is 0.257. The molecule has 0 bridgehead atoms. The molecule has 4 nitrogen and oxygen atoms in total. The molecule has 0 unspecified atom stereocenters. The van der Waals surface area contributed by atoms with E-state index in [1.54, 1.807) is 6.07 Å². The van der Waals surface area contributed by atoms with Gasteiger partial charge >= 0.3 is 0 Å². The minimum absolute atomic E-state index is 0.0144. The van der Waals surface area contributed by atoms with E-state index in [0.29, 0.717) is 0 Å². The van der Waals surface area contributed by atoms with E-state index < -0.39 is 21.9 Å². The predicted molar refractivity (Wildman–Crippen MR) is 86.3 cm³/mol. The Kier molecular flexibility index (Phi) is 5.27. The van der Waals surface area contributed by atoms with Crippen LogP contribution in [0.3, 0.4) is 0 Å². The van der Waals surface area contributed by atoms with Crippen molar-refractivity contribution in [1.29, 1.82) is 5.26 Å². The van der Waals surface area contributed by atoms with Crippen LogP contribution in [0.1, 0.15) is 24.1 Å². The molecule has 23 heavy (non-hydrogen) atoms. The summed E-state index contributed by atoms with van der Waals surface area (Å²) in [6.07, 6.45) is 0. The van der Waals surface area contributed by atoms with Crippen LogP contribution in [-0.4, -0.2) is 8.42 Å². The Labute approximate surface area is 143 Å². The van der Waals surface area contributed by atoms with Crippen LogP contribution in [0.2, 0.25) is 10.0 Å². The highest BCUT2D eigenvalue weighted by Gasteiger charge is 2.23. The molecule has 2 aromatic rings. The number of nitrogens with zero attached hydrogens (tertiary/aromatic N) is 1. The van der Waals surface area contributed by atoms with Gasteiger partial charge in [0.15, 0.2) is 0 Å². The lowest BCUT2D eigenvalue weighted by Crippen LogP contribution is -2.27. The number of hydrogen-bond donors (Lipinski definition) is 1. The maximum atomic E-state index is 13.6. The summed E-state index contributed by atoms with van der Waals surface area (Å²) < 4.78 is 40.8. The van der Waals surface area contributed by atoms with E-state index in [9.17, 15) is 12.8 Å². The second-order valence-corrected chi connectivity index (χ2v) is 7.24. The van der Waals surface area contributed by atoms with Crippen LogP contribution < -0.4 is 4.72 Å². The zero-order valence-electron chi connectivity index (χ0n) is 11.8. The molecule has 2 rings (SSSR count). The molecule has 2 aromatic carbocycles. The first-order valence-corrected chi connectivity index (χ1v) is 8.66. The van der Waals surface area contributed by atoms with Gasteiger partial charge in [0.25, 0.3) is 0 Å². The third-order valence-electron chi connectivity index (χ3n) is 3.14. The van der Waals surface area contributed by atoms with Gasteiger partial charge in [0.05, 0.1) is 15.5 Å². The molecule has 0 saturated heterocycles. The Bertz CT molecular complexity index is 895. The molecule has 0 saturated carbocycles. The van der Waals surface area contributed by atoms with Gasteiger partial charge in [-0.05, 0) is 36.8 Å². The van der Waals surface area contributed by atoms with Crippen molar-refractivity contribution in [3.8, 4) is 6.07 Å². The standard InChI is InChI=1S/C15H11Cl2FN2O2S/c1-9(11-6-14(18)13(17)7-12(11)16)20-23(21,22)15-5-3-2-4-10(15)8-19/h2-7,9,20H,1H3/t9-/m1/s1. The Balaban J connectivity index is 2.38. The summed E-state index contributed by atoms with van der Waals surface area (Å²) >= 11 is 11.6. The normalized spacial score (nSPS) is 12.7. The van der Waals surface area contributed by atoms with Crippen LogP contribution >= 0.6 is 23.2 Å². The van der Waals surface area contributed by atoms with Gasteiger partial charge in [0, 0.05) is 11.1 Å². The first-order chi connectivity index (χ1) is 10.8. The maximum Gasteiger partial charge on any atom is 0.242 e. The van der Waals surface area contributed by atoms with Crippen molar-refractivity contribution in [2.45, 2.75) is 17.9 Å². The lowest BCUT2D eigenvalue weighted by molar-refractivity contribution is 0.564. The lowest BCUT2D eigenvalue weighted by Gasteiger charge is -2.17. The molecule has 1 atom stereocenters. The Morgan fingerprint density at radius 1 is 1.22 bits per heavy atom. The lowest BCUT2D eigenvalue weighted by atomic mass is 10.1. The van der Waals surface area contributed by atoms with Gasteiger partial charge in [0.1, 0.15) is 11.9 Å². The van der Waals surface area contributed by atoms with Crippen molar-refractivity contribution in [2.75, 3.05) is 0 Å². The van der Waals surface area contributed by atoms with Crippen molar-refractivity contribution < 1.29 is 12.8 Å². The van der Waals surface area contributed by atoms with E-state index in [4.69, 9.17) is 28.5 Å². The SMILES string of the molecule is C[C@@H](NS(=O)(=O)c1ccccc1C#N)c1cc(F)c(Cl)cc1Cl. The summed E-state index contributed by atoms with van der Waals surface area (Å²) in [6, 6.07) is 9.08. The third-order valence-corrected chi connectivity index (χ3v) is 5.35. The molecule has 0 aliphatic rings. The topological polar surface area (TPSA) is 70.0 Å². The van der Waals surface area contributed by atoms with Crippen molar-refractivity contribution in [2.24, 2.45) is 0 Å². The number of hydrogen-bond acceptors (Lipinski definition) is 3. The molecule has 0 heterocycles. The zero-order chi connectivity index (χ0) is 17.2. The Morgan fingerprint density at radius 3 is 2.52 bits per heavy atom. The van der Waals surface area contributed by atoms with Gasteiger partial charge in [0.2, 0.25) is 10.0 Å². The minimum atomic E-state index is -3.98. The number of nitriles is 1. The van der Waals surface area contributed by atoms with E-state index in [1.165, 1.54) is 31.2 Å². The van der Waals surface area contributed by atoms with Gasteiger partial charge in [-0.2, -0.15) is 5.26 Å². The fourth-order valence-electron chi connectivity index (χ4n) is 2.02. The van der Waals surface area contributed by atoms with E-state index in [1.807, 2.05) is 6.07 Å². The van der Waals surface area contributed by atoms with E-state index >= 15 is 0 Å². The molecule has 0 fully saturated rings. The van der Waals surface area contributed by atoms with Crippen molar-refractivity contribution in [3.05, 3.63) is 63.4 Å². The van der Waals surface area contributed by atoms with E-state index in [-0.39, 0.29) is 26.1 Å². The first-order valence-electron chi connectivity index (χ1n) is 6.42. The smallest absolute Gasteiger partial charge is 0.207 e. The molecule has 0 aliphatic heterocycles. The second-order valence-electron chi connectivity index (χ2n) is 4.74. The molecule has 0 amide bonds. The molecule has 0 aliphatic carbocycles. The van der Waals surface area contributed by atoms with Crippen LogP contribution in [0.4, 0.5) is 4.39 Å². The molecule has 120 valence electrons. The van der Waals surface area contributed by atoms with E-state index in [2.05, 4.69) is 4.72 Å².